The van der Waals surface area contributed by atoms with Crippen molar-refractivity contribution in [2.24, 2.45) is 0 Å². The molecule has 7 nitrogen and oxygen atoms in total. The molecule has 0 bridgehead atoms. The second kappa shape index (κ2) is 8.03. The number of sulfonamides is 1. The van der Waals surface area contributed by atoms with Crippen LogP contribution in [0.25, 0.3) is 0 Å². The molecule has 0 N–H and O–H groups in total. The van der Waals surface area contributed by atoms with E-state index in [1.807, 2.05) is 6.92 Å². The Labute approximate surface area is 176 Å². The highest BCUT2D eigenvalue weighted by molar-refractivity contribution is 7.88. The Morgan fingerprint density at radius 2 is 1.97 bits per heavy atom. The molecule has 1 aromatic heterocycles. The molecule has 1 saturated heterocycles. The van der Waals surface area contributed by atoms with Crippen LogP contribution in [0.1, 0.15) is 47.8 Å². The highest BCUT2D eigenvalue weighted by atomic mass is 32.2. The third-order valence-electron chi connectivity index (χ3n) is 5.86. The molecule has 160 valence electrons. The maximum absolute atomic E-state index is 14.2. The largest absolute Gasteiger partial charge is 0.292 e. The van der Waals surface area contributed by atoms with Crippen molar-refractivity contribution in [1.29, 1.82) is 0 Å². The smallest absolute Gasteiger partial charge is 0.228 e. The van der Waals surface area contributed by atoms with Crippen molar-refractivity contribution in [2.75, 3.05) is 24.2 Å². The van der Waals surface area contributed by atoms with E-state index in [1.165, 1.54) is 21.5 Å². The van der Waals surface area contributed by atoms with Gasteiger partial charge in [-0.05, 0) is 32.3 Å². The number of carbonyl (C=O) groups excluding carboxylic acids is 1. The van der Waals surface area contributed by atoms with Gasteiger partial charge in [-0.1, -0.05) is 18.2 Å². The molecule has 0 unspecified atom stereocenters. The van der Waals surface area contributed by atoms with Crippen molar-refractivity contribution in [2.45, 2.75) is 45.1 Å². The summed E-state index contributed by atoms with van der Waals surface area (Å²) in [5, 5.41) is 0. The van der Waals surface area contributed by atoms with E-state index >= 15 is 0 Å². The first-order valence-corrected chi connectivity index (χ1v) is 11.9. The molecule has 0 saturated carbocycles. The van der Waals surface area contributed by atoms with E-state index in [0.717, 1.165) is 24.1 Å². The van der Waals surface area contributed by atoms with E-state index in [1.54, 1.807) is 18.2 Å². The van der Waals surface area contributed by atoms with Crippen LogP contribution in [0, 0.1) is 12.7 Å². The Morgan fingerprint density at radius 1 is 1.20 bits per heavy atom. The molecule has 3 heterocycles. The molecule has 30 heavy (non-hydrogen) atoms. The summed E-state index contributed by atoms with van der Waals surface area (Å²) in [6, 6.07) is 6.40. The minimum atomic E-state index is -3.29. The standard InChI is InChI=1S/C21H25FN4O3S/c1-14-17-9-10-19(27)26(13-15-6-3-4-8-18(15)22)21(17)24-20(23-14)16-7-5-11-25(12-16)30(2,28)29/h3-4,6,8,16H,5,7,9-13H2,1-2H3/t16-/m0/s1. The third kappa shape index (κ3) is 4.09. The normalized spacial score (nSPS) is 20.3. The number of aryl methyl sites for hydroxylation is 1. The summed E-state index contributed by atoms with van der Waals surface area (Å²) in [6.45, 7) is 2.82. The number of halogens is 1. The average Bonchev–Trinajstić information content (AvgIpc) is 2.71. The minimum Gasteiger partial charge on any atom is -0.292 e. The van der Waals surface area contributed by atoms with Gasteiger partial charge in [0.1, 0.15) is 17.5 Å². The van der Waals surface area contributed by atoms with Crippen LogP contribution >= 0.6 is 0 Å². The van der Waals surface area contributed by atoms with Crippen LogP contribution in [0.5, 0.6) is 0 Å². The Kier molecular flexibility index (Phi) is 5.59. The first-order valence-electron chi connectivity index (χ1n) is 10.1. The van der Waals surface area contributed by atoms with Crippen molar-refractivity contribution in [3.8, 4) is 0 Å². The van der Waals surface area contributed by atoms with Crippen molar-refractivity contribution in [3.05, 3.63) is 52.7 Å². The molecule has 0 spiro atoms. The zero-order valence-electron chi connectivity index (χ0n) is 17.1. The van der Waals surface area contributed by atoms with Gasteiger partial charge in [0.2, 0.25) is 15.9 Å². The number of benzene rings is 1. The number of hydrogen-bond acceptors (Lipinski definition) is 5. The second-order valence-corrected chi connectivity index (χ2v) is 9.98. The average molecular weight is 433 g/mol. The lowest BCUT2D eigenvalue weighted by atomic mass is 9.97. The Morgan fingerprint density at radius 3 is 2.70 bits per heavy atom. The highest BCUT2D eigenvalue weighted by Gasteiger charge is 2.32. The lowest BCUT2D eigenvalue weighted by molar-refractivity contribution is -0.119. The van der Waals surface area contributed by atoms with E-state index in [2.05, 4.69) is 4.98 Å². The number of hydrogen-bond donors (Lipinski definition) is 0. The fourth-order valence-corrected chi connectivity index (χ4v) is 5.11. The first-order chi connectivity index (χ1) is 14.2. The third-order valence-corrected chi connectivity index (χ3v) is 7.13. The van der Waals surface area contributed by atoms with E-state index in [4.69, 9.17) is 4.98 Å². The van der Waals surface area contributed by atoms with Crippen LogP contribution in [0.3, 0.4) is 0 Å². The monoisotopic (exact) mass is 432 g/mol. The molecule has 0 radical (unpaired) electrons. The van der Waals surface area contributed by atoms with Gasteiger partial charge in [0, 0.05) is 42.2 Å². The van der Waals surface area contributed by atoms with E-state index < -0.39 is 10.0 Å². The van der Waals surface area contributed by atoms with Crippen LogP contribution < -0.4 is 4.90 Å². The van der Waals surface area contributed by atoms with Crippen molar-refractivity contribution >= 4 is 21.7 Å². The van der Waals surface area contributed by atoms with Gasteiger partial charge in [0.05, 0.1) is 12.8 Å². The van der Waals surface area contributed by atoms with Gasteiger partial charge in [-0.2, -0.15) is 0 Å². The van der Waals surface area contributed by atoms with Gasteiger partial charge >= 0.3 is 0 Å². The summed E-state index contributed by atoms with van der Waals surface area (Å²) in [5.74, 6) is 0.474. The molecular formula is C21H25FN4O3S. The van der Waals surface area contributed by atoms with E-state index in [0.29, 0.717) is 43.1 Å². The Bertz CT molecular complexity index is 1090. The number of nitrogens with zero attached hydrogens (tertiary/aromatic N) is 4. The number of piperidine rings is 1. The molecule has 1 fully saturated rings. The molecule has 0 aliphatic carbocycles. The number of aromatic nitrogens is 2. The topological polar surface area (TPSA) is 83.5 Å². The number of fused-ring (bicyclic) bond motifs is 1. The number of carbonyl (C=O) groups is 1. The van der Waals surface area contributed by atoms with E-state index in [9.17, 15) is 17.6 Å². The van der Waals surface area contributed by atoms with E-state index in [-0.39, 0.29) is 24.2 Å². The molecule has 4 rings (SSSR count). The number of rotatable bonds is 4. The van der Waals surface area contributed by atoms with Crippen molar-refractivity contribution < 1.29 is 17.6 Å². The van der Waals surface area contributed by atoms with Gasteiger partial charge < -0.3 is 0 Å². The molecule has 1 amide bonds. The fraction of sp³-hybridized carbons (Fsp3) is 0.476. The highest BCUT2D eigenvalue weighted by Crippen LogP contribution is 2.33. The minimum absolute atomic E-state index is 0.101. The Balaban J connectivity index is 1.70. The molecule has 1 atom stereocenters. The molecule has 2 aliphatic rings. The van der Waals surface area contributed by atoms with Crippen LogP contribution in [0.4, 0.5) is 10.2 Å². The predicted molar refractivity (Wildman–Crippen MR) is 111 cm³/mol. The molecule has 2 aliphatic heterocycles. The van der Waals surface area contributed by atoms with Gasteiger partial charge in [0.25, 0.3) is 0 Å². The summed E-state index contributed by atoms with van der Waals surface area (Å²) >= 11 is 0. The van der Waals surface area contributed by atoms with Gasteiger partial charge in [-0.25, -0.2) is 27.1 Å². The van der Waals surface area contributed by atoms with Crippen LogP contribution in [0.15, 0.2) is 24.3 Å². The molecule has 9 heteroatoms. The molecule has 1 aromatic carbocycles. The van der Waals surface area contributed by atoms with Crippen molar-refractivity contribution in [1.82, 2.24) is 14.3 Å². The predicted octanol–water partition coefficient (Wildman–Crippen LogP) is 2.54. The lowest BCUT2D eigenvalue weighted by Crippen LogP contribution is -2.40. The van der Waals surface area contributed by atoms with Crippen LogP contribution in [-0.4, -0.2) is 47.9 Å². The summed E-state index contributed by atoms with van der Waals surface area (Å²) in [6.07, 6.45) is 3.61. The van der Waals surface area contributed by atoms with Gasteiger partial charge in [-0.3, -0.25) is 9.69 Å². The Hall–Kier alpha value is -2.39. The number of anilines is 1. The zero-order chi connectivity index (χ0) is 21.5. The van der Waals surface area contributed by atoms with Crippen molar-refractivity contribution in [3.63, 3.8) is 0 Å². The summed E-state index contributed by atoms with van der Waals surface area (Å²) in [5.41, 5.74) is 2.11. The first kappa shape index (κ1) is 20.9. The molecule has 2 aromatic rings. The molecular weight excluding hydrogens is 407 g/mol. The quantitative estimate of drug-likeness (QED) is 0.741. The van der Waals surface area contributed by atoms with Crippen LogP contribution in [-0.2, 0) is 27.8 Å². The second-order valence-electron chi connectivity index (χ2n) is 8.00. The lowest BCUT2D eigenvalue weighted by Gasteiger charge is -2.33. The van der Waals surface area contributed by atoms with Crippen LogP contribution in [0.2, 0.25) is 0 Å². The fourth-order valence-electron chi connectivity index (χ4n) is 4.20. The van der Waals surface area contributed by atoms with Gasteiger partial charge in [0.15, 0.2) is 0 Å². The maximum atomic E-state index is 14.2. The summed E-state index contributed by atoms with van der Waals surface area (Å²) < 4.78 is 39.7. The maximum Gasteiger partial charge on any atom is 0.228 e. The summed E-state index contributed by atoms with van der Waals surface area (Å²) in [4.78, 5) is 23.6. The number of amides is 1. The zero-order valence-corrected chi connectivity index (χ0v) is 18.0. The summed E-state index contributed by atoms with van der Waals surface area (Å²) in [7, 11) is -3.29. The van der Waals surface area contributed by atoms with Gasteiger partial charge in [-0.15, -0.1) is 0 Å². The SMILES string of the molecule is Cc1nc([C@H]2CCCN(S(C)(=O)=O)C2)nc2c1CCC(=O)N2Cc1ccccc1F.